The summed E-state index contributed by atoms with van der Waals surface area (Å²) in [6, 6.07) is 12.6. The number of nitrogens with zero attached hydrogens (tertiary/aromatic N) is 2. The second kappa shape index (κ2) is 12.3. The Balaban J connectivity index is 0.000000837. The lowest BCUT2D eigenvalue weighted by Crippen LogP contribution is -2.21. The van der Waals surface area contributed by atoms with Gasteiger partial charge in [0, 0.05) is 41.4 Å². The molecule has 0 spiro atoms. The topological polar surface area (TPSA) is 85.6 Å². The summed E-state index contributed by atoms with van der Waals surface area (Å²) in [5.74, 6) is -0.627. The molecule has 1 aliphatic heterocycles. The number of likely N-dealkylation sites (tertiary alicyclic amines) is 1. The summed E-state index contributed by atoms with van der Waals surface area (Å²) in [7, 11) is 11.2. The summed E-state index contributed by atoms with van der Waals surface area (Å²) in [5, 5.41) is 19.9. The molecule has 0 saturated carbocycles. The molecule has 3 rings (SSSR count). The summed E-state index contributed by atoms with van der Waals surface area (Å²) >= 11 is 0. The first kappa shape index (κ1) is 25.5. The van der Waals surface area contributed by atoms with Crippen LogP contribution in [0.25, 0.3) is 0 Å². The molecule has 1 aliphatic rings. The fraction of sp³-hybridized carbons (Fsp3) is 0.417. The molecule has 32 heavy (non-hydrogen) atoms. The molecule has 164 valence electrons. The Morgan fingerprint density at radius 1 is 1.22 bits per heavy atom. The highest BCUT2D eigenvalue weighted by Gasteiger charge is 2.16. The first-order valence-corrected chi connectivity index (χ1v) is 10.7. The molecule has 0 aromatic heterocycles. The Morgan fingerprint density at radius 2 is 1.88 bits per heavy atom. The van der Waals surface area contributed by atoms with Crippen molar-refractivity contribution in [2.24, 2.45) is 0 Å². The third kappa shape index (κ3) is 8.07. The Morgan fingerprint density at radius 3 is 2.44 bits per heavy atom. The van der Waals surface area contributed by atoms with Gasteiger partial charge < -0.3 is 15.2 Å². The molecule has 2 aromatic carbocycles. The van der Waals surface area contributed by atoms with Crippen molar-refractivity contribution in [2.45, 2.75) is 52.2 Å². The van der Waals surface area contributed by atoms with E-state index in [9.17, 15) is 4.79 Å². The number of anilines is 1. The van der Waals surface area contributed by atoms with Crippen molar-refractivity contribution in [1.82, 2.24) is 4.90 Å². The van der Waals surface area contributed by atoms with Crippen LogP contribution in [0.15, 0.2) is 36.4 Å². The van der Waals surface area contributed by atoms with E-state index in [0.717, 1.165) is 30.8 Å². The number of rotatable bonds is 6. The summed E-state index contributed by atoms with van der Waals surface area (Å²) in [5.41, 5.74) is 3.35. The summed E-state index contributed by atoms with van der Waals surface area (Å²) in [6.45, 7) is 8.12. The predicted octanol–water partition coefficient (Wildman–Crippen LogP) is 3.10. The molecule has 6 nitrogen and oxygen atoms in total. The summed E-state index contributed by atoms with van der Waals surface area (Å²) < 4.78 is 5.58. The van der Waals surface area contributed by atoms with Gasteiger partial charge in [-0.15, -0.1) is 0 Å². The number of hydrogen-bond acceptors (Lipinski definition) is 5. The maximum atomic E-state index is 12.6. The van der Waals surface area contributed by atoms with Crippen molar-refractivity contribution in [1.29, 1.82) is 5.26 Å². The van der Waals surface area contributed by atoms with Gasteiger partial charge in [0.05, 0.1) is 11.6 Å². The fourth-order valence-corrected chi connectivity index (χ4v) is 3.39. The molecular formula is C24H29B2N3O3. The quantitative estimate of drug-likeness (QED) is 0.690. The van der Waals surface area contributed by atoms with Crippen molar-refractivity contribution < 1.29 is 14.6 Å². The highest BCUT2D eigenvalue weighted by atomic mass is 16.5. The first-order valence-electron chi connectivity index (χ1n) is 10.7. The monoisotopic (exact) mass is 429 g/mol. The first-order chi connectivity index (χ1) is 15.2. The van der Waals surface area contributed by atoms with Crippen LogP contribution in [0.1, 0.15) is 53.7 Å². The molecule has 0 unspecified atom stereocenters. The zero-order valence-corrected chi connectivity index (χ0v) is 19.0. The zero-order chi connectivity index (χ0) is 23.7. The number of amides is 1. The maximum absolute atomic E-state index is 12.6. The second-order valence-electron chi connectivity index (χ2n) is 8.08. The van der Waals surface area contributed by atoms with Gasteiger partial charge in [-0.1, -0.05) is 6.07 Å². The number of carbonyl (C=O) groups excluding carboxylic acids is 1. The number of aliphatic hydroxyl groups is 1. The molecule has 0 aliphatic carbocycles. The lowest BCUT2D eigenvalue weighted by atomic mass is 9.82. The van der Waals surface area contributed by atoms with E-state index in [4.69, 9.17) is 30.8 Å². The zero-order valence-electron chi connectivity index (χ0n) is 19.0. The molecule has 4 radical (unpaired) electrons. The van der Waals surface area contributed by atoms with Crippen molar-refractivity contribution in [3.63, 3.8) is 0 Å². The van der Waals surface area contributed by atoms with Crippen LogP contribution in [-0.4, -0.2) is 56.7 Å². The lowest BCUT2D eigenvalue weighted by molar-refractivity contribution is 0.102. The van der Waals surface area contributed by atoms with Gasteiger partial charge in [-0.05, 0) is 76.5 Å². The van der Waals surface area contributed by atoms with Gasteiger partial charge in [-0.2, -0.15) is 5.26 Å². The molecule has 1 fully saturated rings. The van der Waals surface area contributed by atoms with E-state index in [0.29, 0.717) is 22.6 Å². The third-order valence-electron chi connectivity index (χ3n) is 4.78. The molecule has 0 atom stereocenters. The van der Waals surface area contributed by atoms with Gasteiger partial charge in [0.2, 0.25) is 0 Å². The molecule has 1 saturated heterocycles. The Kier molecular flexibility index (Phi) is 9.83. The normalized spacial score (nSPS) is 13.4. The predicted molar refractivity (Wildman–Crippen MR) is 128 cm³/mol. The summed E-state index contributed by atoms with van der Waals surface area (Å²) in [4.78, 5) is 15.0. The average molecular weight is 429 g/mol. The number of carbonyl (C=O) groups is 1. The number of aryl methyl sites for hydroxylation is 1. The molecular weight excluding hydrogens is 400 g/mol. The van der Waals surface area contributed by atoms with Crippen LogP contribution >= 0.6 is 0 Å². The van der Waals surface area contributed by atoms with Crippen molar-refractivity contribution in [3.05, 3.63) is 58.7 Å². The number of hydrogen-bond donors (Lipinski definition) is 2. The van der Waals surface area contributed by atoms with Crippen LogP contribution in [0.3, 0.4) is 0 Å². The number of nitrogens with one attached hydrogen (secondary N) is 1. The minimum absolute atomic E-state index is 0.167. The number of nitriles is 1. The molecule has 2 N–H and O–H groups in total. The van der Waals surface area contributed by atoms with Crippen molar-refractivity contribution in [3.8, 4) is 11.8 Å². The molecule has 8 heteroatoms. The smallest absolute Gasteiger partial charge is 0.255 e. The van der Waals surface area contributed by atoms with Gasteiger partial charge in [0.15, 0.2) is 0 Å². The van der Waals surface area contributed by atoms with Gasteiger partial charge in [-0.3, -0.25) is 9.69 Å². The minimum atomic E-state index is -0.941. The number of ether oxygens (including phenoxy) is 1. The molecule has 1 amide bonds. The van der Waals surface area contributed by atoms with Crippen LogP contribution in [0.2, 0.25) is 0 Å². The second-order valence-corrected chi connectivity index (χ2v) is 8.08. The van der Waals surface area contributed by atoms with E-state index >= 15 is 0 Å². The van der Waals surface area contributed by atoms with Crippen LogP contribution in [0.4, 0.5) is 5.69 Å². The van der Waals surface area contributed by atoms with E-state index in [1.807, 2.05) is 12.1 Å². The van der Waals surface area contributed by atoms with Crippen LogP contribution in [-0.2, 0) is 6.54 Å². The fourth-order valence-electron chi connectivity index (χ4n) is 3.39. The van der Waals surface area contributed by atoms with Crippen molar-refractivity contribution >= 4 is 27.3 Å². The molecule has 0 bridgehead atoms. The largest absolute Gasteiger partial charge is 0.509 e. The number of aliphatic hydroxyl groups excluding tert-OH is 1. The van der Waals surface area contributed by atoms with E-state index in [2.05, 4.69) is 16.3 Å². The van der Waals surface area contributed by atoms with Crippen LogP contribution < -0.4 is 10.1 Å². The van der Waals surface area contributed by atoms with Gasteiger partial charge in [-0.25, -0.2) is 0 Å². The standard InChI is InChI=1S/C21H21B2N3O2.C3H8O/c1-14-10-15(12-24)4-7-18(14)20(27)25-17-6-5-16(13-26-8-2-3-9-26)19(11-17)28-21(22)23;1-3(2)4/h4-7,10-11,21H,2-3,8-9,13H2,1H3,(H,25,27);3-4H,1-2H3. The van der Waals surface area contributed by atoms with Crippen LogP contribution in [0, 0.1) is 18.3 Å². The van der Waals surface area contributed by atoms with E-state index < -0.39 is 5.90 Å². The van der Waals surface area contributed by atoms with Crippen LogP contribution in [0.5, 0.6) is 5.75 Å². The lowest BCUT2D eigenvalue weighted by Gasteiger charge is -2.20. The van der Waals surface area contributed by atoms with Gasteiger partial charge >= 0.3 is 0 Å². The number of benzene rings is 2. The maximum Gasteiger partial charge on any atom is 0.255 e. The minimum Gasteiger partial charge on any atom is -0.509 e. The third-order valence-corrected chi connectivity index (χ3v) is 4.78. The van der Waals surface area contributed by atoms with Crippen molar-refractivity contribution in [2.75, 3.05) is 18.4 Å². The van der Waals surface area contributed by atoms with E-state index in [1.54, 1.807) is 45.0 Å². The van der Waals surface area contributed by atoms with Gasteiger partial charge in [0.25, 0.3) is 5.91 Å². The Bertz CT molecular complexity index is 949. The van der Waals surface area contributed by atoms with E-state index in [1.165, 1.54) is 12.8 Å². The highest BCUT2D eigenvalue weighted by Crippen LogP contribution is 2.27. The molecule has 2 aromatic rings. The SMILES string of the molecule is CC(C)O.[B]C([B])Oc1cc(NC(=O)c2ccc(C#N)cc2C)ccc1CN1CCCC1. The van der Waals surface area contributed by atoms with E-state index in [-0.39, 0.29) is 12.0 Å². The van der Waals surface area contributed by atoms with Gasteiger partial charge in [0.1, 0.15) is 21.4 Å². The Labute approximate surface area is 193 Å². The highest BCUT2D eigenvalue weighted by molar-refractivity contribution is 6.34. The average Bonchev–Trinajstić information content (AvgIpc) is 3.22. The Hall–Kier alpha value is -2.75. The summed E-state index contributed by atoms with van der Waals surface area (Å²) in [6.07, 6.45) is 2.23. The molecule has 1 heterocycles.